The van der Waals surface area contributed by atoms with Crippen molar-refractivity contribution in [3.63, 3.8) is 0 Å². The first-order valence-corrected chi connectivity index (χ1v) is 8.20. The zero-order valence-corrected chi connectivity index (χ0v) is 15.6. The average Bonchev–Trinajstić information content (AvgIpc) is 2.46. The van der Waals surface area contributed by atoms with Gasteiger partial charge in [0.05, 0.1) is 7.11 Å². The van der Waals surface area contributed by atoms with Crippen molar-refractivity contribution in [2.45, 2.75) is 65.5 Å². The van der Waals surface area contributed by atoms with Crippen LogP contribution < -0.4 is 0 Å². The van der Waals surface area contributed by atoms with Gasteiger partial charge in [-0.3, -0.25) is 4.90 Å². The van der Waals surface area contributed by atoms with Crippen molar-refractivity contribution in [2.75, 3.05) is 20.2 Å². The molecule has 0 heterocycles. The van der Waals surface area contributed by atoms with Crippen LogP contribution in [0.1, 0.15) is 53.9 Å². The van der Waals surface area contributed by atoms with Gasteiger partial charge in [-0.1, -0.05) is 19.0 Å². The fourth-order valence-electron chi connectivity index (χ4n) is 2.14. The van der Waals surface area contributed by atoms with E-state index in [-0.39, 0.29) is 5.92 Å². The highest BCUT2D eigenvalue weighted by atomic mass is 16.6. The van der Waals surface area contributed by atoms with Gasteiger partial charge in [-0.15, -0.1) is 0 Å². The molecular formula is C16H30N4O4. The number of methoxy groups -OCH3 is 1. The van der Waals surface area contributed by atoms with E-state index in [1.54, 1.807) is 20.8 Å². The van der Waals surface area contributed by atoms with E-state index in [0.29, 0.717) is 32.4 Å². The lowest BCUT2D eigenvalue weighted by Gasteiger charge is -2.33. The molecule has 0 unspecified atom stereocenters. The van der Waals surface area contributed by atoms with E-state index in [1.807, 2.05) is 13.8 Å². The molecule has 0 saturated heterocycles. The minimum absolute atomic E-state index is 0.210. The zero-order valence-electron chi connectivity index (χ0n) is 15.6. The molecular weight excluding hydrogens is 312 g/mol. The Hall–Kier alpha value is -1.95. The Labute approximate surface area is 144 Å². The maximum atomic E-state index is 12.5. The third kappa shape index (κ3) is 9.25. The Morgan fingerprint density at radius 2 is 1.88 bits per heavy atom. The van der Waals surface area contributed by atoms with Crippen LogP contribution in [0.15, 0.2) is 5.11 Å². The predicted octanol–water partition coefficient (Wildman–Crippen LogP) is 3.90. The van der Waals surface area contributed by atoms with Gasteiger partial charge in [-0.05, 0) is 51.5 Å². The third-order valence-electron chi connectivity index (χ3n) is 3.14. The van der Waals surface area contributed by atoms with Crippen molar-refractivity contribution in [1.82, 2.24) is 4.90 Å². The van der Waals surface area contributed by atoms with E-state index in [2.05, 4.69) is 10.0 Å². The molecule has 1 atom stereocenters. The van der Waals surface area contributed by atoms with Crippen LogP contribution in [-0.2, 0) is 14.3 Å². The molecule has 8 nitrogen and oxygen atoms in total. The van der Waals surface area contributed by atoms with Crippen LogP contribution in [0.3, 0.4) is 0 Å². The van der Waals surface area contributed by atoms with Crippen LogP contribution in [0.4, 0.5) is 4.79 Å². The number of carbonyl (C=O) groups excluding carboxylic acids is 2. The van der Waals surface area contributed by atoms with Gasteiger partial charge in [0.15, 0.2) is 0 Å². The average molecular weight is 342 g/mol. The second kappa shape index (κ2) is 10.8. The molecule has 0 rings (SSSR count). The van der Waals surface area contributed by atoms with Gasteiger partial charge in [0.1, 0.15) is 11.6 Å². The smallest absolute Gasteiger partial charge is 0.411 e. The van der Waals surface area contributed by atoms with Crippen LogP contribution >= 0.6 is 0 Å². The van der Waals surface area contributed by atoms with Gasteiger partial charge in [-0.2, -0.15) is 0 Å². The standard InChI is InChI=1S/C16H30N4O4/c1-12(2)11-13(14(21)23-6)20(10-8-7-9-18-19-17)15(22)24-16(3,4)5/h12-13H,7-11H2,1-6H3/t13-/m1/s1. The molecule has 0 saturated carbocycles. The van der Waals surface area contributed by atoms with Crippen molar-refractivity contribution in [2.24, 2.45) is 11.0 Å². The summed E-state index contributed by atoms with van der Waals surface area (Å²) in [5.74, 6) is -0.244. The predicted molar refractivity (Wildman–Crippen MR) is 91.4 cm³/mol. The normalized spacial score (nSPS) is 12.3. The van der Waals surface area contributed by atoms with Crippen LogP contribution in [0.25, 0.3) is 10.4 Å². The monoisotopic (exact) mass is 342 g/mol. The first-order chi connectivity index (χ1) is 11.1. The summed E-state index contributed by atoms with van der Waals surface area (Å²) in [5.41, 5.74) is 7.64. The summed E-state index contributed by atoms with van der Waals surface area (Å²) in [6.45, 7) is 9.98. The fourth-order valence-corrected chi connectivity index (χ4v) is 2.14. The highest BCUT2D eigenvalue weighted by Gasteiger charge is 2.33. The molecule has 1 amide bonds. The number of amides is 1. The lowest BCUT2D eigenvalue weighted by molar-refractivity contribution is -0.147. The number of hydrogen-bond donors (Lipinski definition) is 0. The summed E-state index contributed by atoms with van der Waals surface area (Å²) in [4.78, 5) is 28.8. The van der Waals surface area contributed by atoms with E-state index in [4.69, 9.17) is 15.0 Å². The molecule has 0 aliphatic heterocycles. The lowest BCUT2D eigenvalue weighted by atomic mass is 10.0. The van der Waals surface area contributed by atoms with Crippen LogP contribution in [0.5, 0.6) is 0 Å². The number of azide groups is 1. The second-order valence-electron chi connectivity index (χ2n) is 7.00. The molecule has 0 spiro atoms. The van der Waals surface area contributed by atoms with Gasteiger partial charge in [-0.25, -0.2) is 9.59 Å². The van der Waals surface area contributed by atoms with Gasteiger partial charge >= 0.3 is 12.1 Å². The van der Waals surface area contributed by atoms with Crippen molar-refractivity contribution >= 4 is 12.1 Å². The number of hydrogen-bond acceptors (Lipinski definition) is 5. The summed E-state index contributed by atoms with van der Waals surface area (Å²) >= 11 is 0. The molecule has 8 heteroatoms. The van der Waals surface area contributed by atoms with Gasteiger partial charge in [0.25, 0.3) is 0 Å². The summed E-state index contributed by atoms with van der Waals surface area (Å²) in [6, 6.07) is -0.690. The van der Waals surface area contributed by atoms with Crippen molar-refractivity contribution in [3.05, 3.63) is 10.4 Å². The highest BCUT2D eigenvalue weighted by Crippen LogP contribution is 2.18. The number of ether oxygens (including phenoxy) is 2. The third-order valence-corrected chi connectivity index (χ3v) is 3.14. The summed E-state index contributed by atoms with van der Waals surface area (Å²) in [5, 5.41) is 3.47. The quantitative estimate of drug-likeness (QED) is 0.208. The Bertz CT molecular complexity index is 453. The molecule has 24 heavy (non-hydrogen) atoms. The van der Waals surface area contributed by atoms with Crippen LogP contribution in [0.2, 0.25) is 0 Å². The molecule has 0 bridgehead atoms. The molecule has 0 radical (unpaired) electrons. The molecule has 0 fully saturated rings. The van der Waals surface area contributed by atoms with Crippen molar-refractivity contribution in [3.8, 4) is 0 Å². The van der Waals surface area contributed by atoms with E-state index in [1.165, 1.54) is 12.0 Å². The Kier molecular flexibility index (Phi) is 9.88. The number of carbonyl (C=O) groups is 2. The first-order valence-electron chi connectivity index (χ1n) is 8.20. The number of rotatable bonds is 9. The summed E-state index contributed by atoms with van der Waals surface area (Å²) < 4.78 is 10.3. The van der Waals surface area contributed by atoms with E-state index < -0.39 is 23.7 Å². The van der Waals surface area contributed by atoms with E-state index in [9.17, 15) is 9.59 Å². The van der Waals surface area contributed by atoms with Crippen LogP contribution in [0, 0.1) is 5.92 Å². The Morgan fingerprint density at radius 3 is 2.33 bits per heavy atom. The summed E-state index contributed by atoms with van der Waals surface area (Å²) in [7, 11) is 1.31. The lowest BCUT2D eigenvalue weighted by Crippen LogP contribution is -2.48. The minimum Gasteiger partial charge on any atom is -0.467 e. The number of nitrogens with zero attached hydrogens (tertiary/aromatic N) is 4. The molecule has 0 aromatic heterocycles. The van der Waals surface area contributed by atoms with Gasteiger partial charge < -0.3 is 9.47 Å². The summed E-state index contributed by atoms with van der Waals surface area (Å²) in [6.07, 6.45) is 1.17. The molecule has 0 aromatic rings. The molecule has 0 aromatic carbocycles. The maximum Gasteiger partial charge on any atom is 0.411 e. The number of esters is 1. The second-order valence-corrected chi connectivity index (χ2v) is 7.00. The molecule has 0 N–H and O–H groups in total. The Morgan fingerprint density at radius 1 is 1.25 bits per heavy atom. The fraction of sp³-hybridized carbons (Fsp3) is 0.875. The van der Waals surface area contributed by atoms with Crippen LogP contribution in [-0.4, -0.2) is 48.8 Å². The van der Waals surface area contributed by atoms with E-state index >= 15 is 0 Å². The SMILES string of the molecule is COC(=O)[C@@H](CC(C)C)N(CCCCN=[N+]=[N-])C(=O)OC(C)(C)C. The minimum atomic E-state index is -0.690. The first kappa shape index (κ1) is 22.1. The topological polar surface area (TPSA) is 105 Å². The van der Waals surface area contributed by atoms with Crippen molar-refractivity contribution in [1.29, 1.82) is 0 Å². The van der Waals surface area contributed by atoms with E-state index in [0.717, 1.165) is 0 Å². The molecule has 0 aliphatic carbocycles. The maximum absolute atomic E-state index is 12.5. The van der Waals surface area contributed by atoms with Gasteiger partial charge in [0, 0.05) is 18.0 Å². The largest absolute Gasteiger partial charge is 0.467 e. The molecule has 138 valence electrons. The van der Waals surface area contributed by atoms with Crippen molar-refractivity contribution < 1.29 is 19.1 Å². The zero-order chi connectivity index (χ0) is 18.8. The Balaban J connectivity index is 5.18. The molecule has 0 aliphatic rings. The highest BCUT2D eigenvalue weighted by molar-refractivity contribution is 5.81. The van der Waals surface area contributed by atoms with Gasteiger partial charge in [0.2, 0.25) is 0 Å². The number of unbranched alkanes of at least 4 members (excludes halogenated alkanes) is 1.